The summed E-state index contributed by atoms with van der Waals surface area (Å²) in [6.45, 7) is 0. The molecule has 0 radical (unpaired) electrons. The Morgan fingerprint density at radius 3 is 1.97 bits per heavy atom. The van der Waals surface area contributed by atoms with Crippen LogP contribution in [0.4, 0.5) is 11.4 Å². The zero-order chi connectivity index (χ0) is 26.6. The third-order valence-corrected chi connectivity index (χ3v) is 8.67. The lowest BCUT2D eigenvalue weighted by molar-refractivity contribution is -0.123. The normalized spacial score (nSPS) is 23.8. The second-order valence-electron chi connectivity index (χ2n) is 9.01. The number of esters is 2. The lowest BCUT2D eigenvalue weighted by atomic mass is 9.85. The third-order valence-electron chi connectivity index (χ3n) is 6.97. The van der Waals surface area contributed by atoms with E-state index in [0.717, 1.165) is 31.6 Å². The van der Waals surface area contributed by atoms with Crippen LogP contribution in [-0.2, 0) is 29.1 Å². The second-order valence-corrected chi connectivity index (χ2v) is 11.1. The van der Waals surface area contributed by atoms with Gasteiger partial charge in [-0.25, -0.2) is 22.9 Å². The number of amides is 2. The molecule has 0 aromatic heterocycles. The topological polar surface area (TPSA) is 136 Å². The molecular formula is C25H21ClN2O8S. The number of anilines is 2. The summed E-state index contributed by atoms with van der Waals surface area (Å²) >= 11 is 6.33. The summed E-state index contributed by atoms with van der Waals surface area (Å²) in [5.74, 6) is -3.37. The molecular weight excluding hydrogens is 524 g/mol. The molecule has 37 heavy (non-hydrogen) atoms. The fraction of sp³-hybridized carbons (Fsp3) is 0.280. The minimum absolute atomic E-state index is 0.0186. The summed E-state index contributed by atoms with van der Waals surface area (Å²) in [6, 6.07) is 7.27. The highest BCUT2D eigenvalue weighted by molar-refractivity contribution is 7.92. The number of benzene rings is 2. The molecule has 192 valence electrons. The Morgan fingerprint density at radius 1 is 0.919 bits per heavy atom. The van der Waals surface area contributed by atoms with Crippen molar-refractivity contribution in [1.82, 2.24) is 0 Å². The number of carbonyl (C=O) groups excluding carboxylic acids is 4. The van der Waals surface area contributed by atoms with Gasteiger partial charge in [0.15, 0.2) is 0 Å². The van der Waals surface area contributed by atoms with Crippen molar-refractivity contribution in [3.63, 3.8) is 0 Å². The summed E-state index contributed by atoms with van der Waals surface area (Å²) in [4.78, 5) is 51.2. The van der Waals surface area contributed by atoms with Gasteiger partial charge in [0.2, 0.25) is 11.8 Å². The summed E-state index contributed by atoms with van der Waals surface area (Å²) in [5.41, 5.74) is -0.289. The van der Waals surface area contributed by atoms with Crippen LogP contribution in [0.15, 0.2) is 53.4 Å². The number of imide groups is 1. The molecule has 10 nitrogen and oxygen atoms in total. The molecule has 1 aliphatic heterocycles. The number of hydrogen-bond donors (Lipinski definition) is 1. The van der Waals surface area contributed by atoms with E-state index in [9.17, 15) is 27.6 Å². The molecule has 2 aromatic rings. The van der Waals surface area contributed by atoms with Gasteiger partial charge in [-0.05, 0) is 54.7 Å². The Labute approximate surface area is 217 Å². The van der Waals surface area contributed by atoms with Gasteiger partial charge in [0.05, 0.1) is 58.5 Å². The van der Waals surface area contributed by atoms with Gasteiger partial charge < -0.3 is 9.47 Å². The van der Waals surface area contributed by atoms with Gasteiger partial charge in [0, 0.05) is 0 Å². The molecule has 1 heterocycles. The van der Waals surface area contributed by atoms with E-state index in [4.69, 9.17) is 11.6 Å². The van der Waals surface area contributed by atoms with E-state index in [-0.39, 0.29) is 44.3 Å². The van der Waals surface area contributed by atoms with Crippen LogP contribution in [0.3, 0.4) is 0 Å². The number of nitrogens with zero attached hydrogens (tertiary/aromatic N) is 1. The van der Waals surface area contributed by atoms with E-state index in [1.54, 1.807) is 0 Å². The van der Waals surface area contributed by atoms with E-state index >= 15 is 0 Å². The molecule has 1 saturated heterocycles. The van der Waals surface area contributed by atoms with Crippen LogP contribution < -0.4 is 9.62 Å². The number of nitrogens with one attached hydrogen (secondary N) is 1. The van der Waals surface area contributed by atoms with Gasteiger partial charge in [0.25, 0.3) is 10.0 Å². The Kier molecular flexibility index (Phi) is 6.07. The minimum Gasteiger partial charge on any atom is -0.465 e. The number of allylic oxidation sites excluding steroid dienone is 2. The number of fused-ring (bicyclic) bond motifs is 5. The first kappa shape index (κ1) is 25.0. The van der Waals surface area contributed by atoms with Crippen LogP contribution in [0.5, 0.6) is 0 Å². The van der Waals surface area contributed by atoms with Crippen molar-refractivity contribution in [2.45, 2.75) is 11.3 Å². The fourth-order valence-electron chi connectivity index (χ4n) is 5.34. The molecule has 2 amide bonds. The Balaban J connectivity index is 1.49. The van der Waals surface area contributed by atoms with Crippen molar-refractivity contribution < 1.29 is 37.1 Å². The molecule has 2 aliphatic carbocycles. The molecule has 2 fully saturated rings. The van der Waals surface area contributed by atoms with Crippen LogP contribution in [0.25, 0.3) is 0 Å². The van der Waals surface area contributed by atoms with Crippen molar-refractivity contribution >= 4 is 56.8 Å². The maximum Gasteiger partial charge on any atom is 0.337 e. The number of carbonyl (C=O) groups is 4. The van der Waals surface area contributed by atoms with E-state index in [2.05, 4.69) is 14.2 Å². The monoisotopic (exact) mass is 544 g/mol. The highest BCUT2D eigenvalue weighted by Crippen LogP contribution is 2.53. The molecule has 5 rings (SSSR count). The van der Waals surface area contributed by atoms with Gasteiger partial charge in [-0.2, -0.15) is 0 Å². The average Bonchev–Trinajstić information content (AvgIpc) is 3.56. The van der Waals surface area contributed by atoms with Crippen LogP contribution in [0.1, 0.15) is 27.1 Å². The SMILES string of the molecule is COC(=O)c1cc(NS(=O)(=O)c2ccc(Cl)c(N3C(=O)[C@@H]4[C@@H](C3=O)[C@H]3C=C[C@H]4C3)c2)cc(C(=O)OC)c1. The highest BCUT2D eigenvalue weighted by Gasteiger charge is 2.59. The highest BCUT2D eigenvalue weighted by atomic mass is 35.5. The van der Waals surface area contributed by atoms with Gasteiger partial charge in [0.1, 0.15) is 0 Å². The van der Waals surface area contributed by atoms with Crippen LogP contribution in [0, 0.1) is 23.7 Å². The molecule has 0 unspecified atom stereocenters. The molecule has 0 spiro atoms. The predicted octanol–water partition coefficient (Wildman–Crippen LogP) is 3.03. The summed E-state index contributed by atoms with van der Waals surface area (Å²) < 4.78 is 38.2. The largest absolute Gasteiger partial charge is 0.465 e. The van der Waals surface area contributed by atoms with E-state index in [0.29, 0.717) is 0 Å². The molecule has 2 bridgehead atoms. The molecule has 3 aliphatic rings. The minimum atomic E-state index is -4.32. The fourth-order valence-corrected chi connectivity index (χ4v) is 6.60. The van der Waals surface area contributed by atoms with Gasteiger partial charge in [-0.3, -0.25) is 14.3 Å². The van der Waals surface area contributed by atoms with E-state index in [1.807, 2.05) is 12.2 Å². The summed E-state index contributed by atoms with van der Waals surface area (Å²) in [7, 11) is -2.03. The van der Waals surface area contributed by atoms with Crippen molar-refractivity contribution in [3.05, 3.63) is 64.7 Å². The number of ether oxygens (including phenoxy) is 2. The average molecular weight is 545 g/mol. The summed E-state index contributed by atoms with van der Waals surface area (Å²) in [5, 5.41) is 0.0431. The zero-order valence-corrected chi connectivity index (χ0v) is 21.2. The van der Waals surface area contributed by atoms with Crippen molar-refractivity contribution in [2.24, 2.45) is 23.7 Å². The third kappa shape index (κ3) is 4.08. The van der Waals surface area contributed by atoms with E-state index in [1.165, 1.54) is 30.3 Å². The Morgan fingerprint density at radius 2 is 1.46 bits per heavy atom. The van der Waals surface area contributed by atoms with Crippen LogP contribution in [0.2, 0.25) is 5.02 Å². The Bertz CT molecular complexity index is 1440. The maximum absolute atomic E-state index is 13.3. The number of hydrogen-bond acceptors (Lipinski definition) is 8. The second kappa shape index (κ2) is 9.00. The smallest absolute Gasteiger partial charge is 0.337 e. The standard InChI is InChI=1S/C25H21ClN2O8S/c1-35-24(31)14-8-15(25(32)36-2)10-16(9-14)27-37(33,34)17-5-6-18(26)19(11-17)28-22(29)20-12-3-4-13(7-12)21(20)23(28)30/h3-6,8-13,20-21,27H,7H2,1-2H3/t12-,13-,20-,21-/m0/s1. The summed E-state index contributed by atoms with van der Waals surface area (Å²) in [6.07, 6.45) is 4.67. The van der Waals surface area contributed by atoms with Crippen molar-refractivity contribution in [1.29, 1.82) is 0 Å². The first-order valence-electron chi connectivity index (χ1n) is 11.3. The lowest BCUT2D eigenvalue weighted by Gasteiger charge is -2.20. The lowest BCUT2D eigenvalue weighted by Crippen LogP contribution is -2.33. The maximum atomic E-state index is 13.3. The van der Waals surface area contributed by atoms with Crippen LogP contribution >= 0.6 is 11.6 Å². The quantitative estimate of drug-likeness (QED) is 0.333. The van der Waals surface area contributed by atoms with Gasteiger partial charge >= 0.3 is 11.9 Å². The number of rotatable bonds is 6. The molecule has 2 aromatic carbocycles. The number of sulfonamides is 1. The Hall–Kier alpha value is -3.70. The van der Waals surface area contributed by atoms with E-state index < -0.39 is 45.6 Å². The first-order chi connectivity index (χ1) is 17.6. The van der Waals surface area contributed by atoms with Crippen molar-refractivity contribution in [3.8, 4) is 0 Å². The van der Waals surface area contributed by atoms with Crippen molar-refractivity contribution in [2.75, 3.05) is 23.8 Å². The molecule has 1 saturated carbocycles. The number of halogens is 1. The van der Waals surface area contributed by atoms with Gasteiger partial charge in [-0.1, -0.05) is 23.8 Å². The first-order valence-corrected chi connectivity index (χ1v) is 13.1. The molecule has 12 heteroatoms. The predicted molar refractivity (Wildman–Crippen MR) is 132 cm³/mol. The van der Waals surface area contributed by atoms with Crippen LogP contribution in [-0.4, -0.2) is 46.4 Å². The zero-order valence-electron chi connectivity index (χ0n) is 19.6. The molecule has 4 atom stereocenters. The van der Waals surface area contributed by atoms with Gasteiger partial charge in [-0.15, -0.1) is 0 Å². The number of methoxy groups -OCH3 is 2. The molecule has 1 N–H and O–H groups in total.